The van der Waals surface area contributed by atoms with Gasteiger partial charge in [0.05, 0.1) is 11.9 Å². The Labute approximate surface area is 147 Å². The van der Waals surface area contributed by atoms with Crippen LogP contribution >= 0.6 is 0 Å². The van der Waals surface area contributed by atoms with E-state index in [1.807, 2.05) is 6.07 Å². The van der Waals surface area contributed by atoms with Crippen molar-refractivity contribution in [2.24, 2.45) is 5.10 Å². The Morgan fingerprint density at radius 3 is 2.73 bits per heavy atom. The fourth-order valence-corrected chi connectivity index (χ4v) is 2.22. The van der Waals surface area contributed by atoms with Crippen LogP contribution in [0.4, 0.5) is 10.3 Å². The van der Waals surface area contributed by atoms with E-state index in [0.29, 0.717) is 5.56 Å². The molecule has 0 bridgehead atoms. The fourth-order valence-electron chi connectivity index (χ4n) is 2.22. The second kappa shape index (κ2) is 7.27. The van der Waals surface area contributed by atoms with E-state index in [9.17, 15) is 19.6 Å². The van der Waals surface area contributed by atoms with Gasteiger partial charge in [-0.25, -0.2) is 14.8 Å². The third kappa shape index (κ3) is 3.57. The lowest BCUT2D eigenvalue weighted by Gasteiger charge is -2.06. The van der Waals surface area contributed by atoms with Crippen LogP contribution in [0.25, 0.3) is 11.3 Å². The number of aromatic amines is 1. The SMILES string of the molecule is N#Cc1c(-c2ccccc2)nc(NN=Cc2ccc(O)cc2F)[nH]c1=O. The molecular weight excluding hydrogens is 337 g/mol. The van der Waals surface area contributed by atoms with Gasteiger partial charge in [-0.05, 0) is 12.1 Å². The summed E-state index contributed by atoms with van der Waals surface area (Å²) in [6.07, 6.45) is 1.18. The number of aromatic nitrogens is 2. The van der Waals surface area contributed by atoms with Gasteiger partial charge in [0, 0.05) is 17.2 Å². The molecule has 0 fully saturated rings. The van der Waals surface area contributed by atoms with Crippen molar-refractivity contribution in [2.75, 3.05) is 5.43 Å². The summed E-state index contributed by atoms with van der Waals surface area (Å²) in [5.74, 6) is -0.844. The molecular formula is C18H12FN5O2. The topological polar surface area (TPSA) is 114 Å². The minimum absolute atomic E-state index is 0.00305. The number of anilines is 1. The molecule has 1 heterocycles. The zero-order chi connectivity index (χ0) is 18.5. The molecule has 3 N–H and O–H groups in total. The Hall–Kier alpha value is -3.99. The molecule has 0 aliphatic carbocycles. The molecule has 0 saturated heterocycles. The first-order valence-corrected chi connectivity index (χ1v) is 7.46. The maximum Gasteiger partial charge on any atom is 0.270 e. The van der Waals surface area contributed by atoms with Crippen LogP contribution in [0.1, 0.15) is 11.1 Å². The van der Waals surface area contributed by atoms with Crippen molar-refractivity contribution in [3.63, 3.8) is 0 Å². The summed E-state index contributed by atoms with van der Waals surface area (Å²) >= 11 is 0. The molecule has 0 spiro atoms. The monoisotopic (exact) mass is 349 g/mol. The number of phenolic OH excluding ortho intramolecular Hbond substituents is 1. The van der Waals surface area contributed by atoms with Crippen molar-refractivity contribution in [1.82, 2.24) is 9.97 Å². The molecule has 26 heavy (non-hydrogen) atoms. The number of H-pyrrole nitrogens is 1. The van der Waals surface area contributed by atoms with Gasteiger partial charge in [0.15, 0.2) is 0 Å². The highest BCUT2D eigenvalue weighted by Gasteiger charge is 2.12. The van der Waals surface area contributed by atoms with Crippen LogP contribution in [0.5, 0.6) is 5.75 Å². The molecule has 0 atom stereocenters. The predicted octanol–water partition coefficient (Wildman–Crippen LogP) is 2.60. The first-order valence-electron chi connectivity index (χ1n) is 7.46. The largest absolute Gasteiger partial charge is 0.508 e. The summed E-state index contributed by atoms with van der Waals surface area (Å²) in [5.41, 5.74) is 2.72. The lowest BCUT2D eigenvalue weighted by molar-refractivity contribution is 0.469. The summed E-state index contributed by atoms with van der Waals surface area (Å²) in [6.45, 7) is 0. The van der Waals surface area contributed by atoms with Crippen LogP contribution in [0.3, 0.4) is 0 Å². The molecule has 8 heteroatoms. The van der Waals surface area contributed by atoms with Crippen LogP contribution < -0.4 is 11.0 Å². The summed E-state index contributed by atoms with van der Waals surface area (Å²) in [4.78, 5) is 18.7. The second-order valence-corrected chi connectivity index (χ2v) is 5.19. The molecule has 2 aromatic carbocycles. The van der Waals surface area contributed by atoms with Gasteiger partial charge in [0.1, 0.15) is 23.2 Å². The van der Waals surface area contributed by atoms with Gasteiger partial charge < -0.3 is 5.11 Å². The lowest BCUT2D eigenvalue weighted by Crippen LogP contribution is -2.16. The number of phenols is 1. The van der Waals surface area contributed by atoms with Gasteiger partial charge in [-0.3, -0.25) is 9.78 Å². The smallest absolute Gasteiger partial charge is 0.270 e. The average molecular weight is 349 g/mol. The van der Waals surface area contributed by atoms with Crippen molar-refractivity contribution < 1.29 is 9.50 Å². The van der Waals surface area contributed by atoms with Crippen molar-refractivity contribution in [2.45, 2.75) is 0 Å². The molecule has 7 nitrogen and oxygen atoms in total. The standard InChI is InChI=1S/C18H12FN5O2/c19-15-8-13(25)7-6-12(15)10-21-24-18-22-16(11-4-2-1-3-5-11)14(9-20)17(26)23-18/h1-8,10,25H,(H2,22,23,24,26). The van der Waals surface area contributed by atoms with Crippen molar-refractivity contribution >= 4 is 12.2 Å². The van der Waals surface area contributed by atoms with Gasteiger partial charge in [0.2, 0.25) is 5.95 Å². The van der Waals surface area contributed by atoms with Crippen LogP contribution in [-0.2, 0) is 0 Å². The number of benzene rings is 2. The number of halogens is 1. The number of hydrogen-bond donors (Lipinski definition) is 3. The summed E-state index contributed by atoms with van der Waals surface area (Å²) in [5, 5.41) is 22.2. The average Bonchev–Trinajstić information content (AvgIpc) is 2.64. The van der Waals surface area contributed by atoms with E-state index in [2.05, 4.69) is 20.5 Å². The number of aromatic hydroxyl groups is 1. The molecule has 128 valence electrons. The van der Waals surface area contributed by atoms with Gasteiger partial charge in [-0.15, -0.1) is 0 Å². The van der Waals surface area contributed by atoms with Gasteiger partial charge in [-0.1, -0.05) is 30.3 Å². The zero-order valence-corrected chi connectivity index (χ0v) is 13.3. The third-order valence-corrected chi connectivity index (χ3v) is 3.44. The van der Waals surface area contributed by atoms with Gasteiger partial charge in [0.25, 0.3) is 5.56 Å². The fraction of sp³-hybridized carbons (Fsp3) is 0. The minimum atomic E-state index is -0.651. The summed E-state index contributed by atoms with van der Waals surface area (Å²) in [7, 11) is 0. The number of hydrogen-bond acceptors (Lipinski definition) is 6. The highest BCUT2D eigenvalue weighted by Crippen LogP contribution is 2.19. The quantitative estimate of drug-likeness (QED) is 0.495. The number of nitrogens with one attached hydrogen (secondary N) is 2. The van der Waals surface area contributed by atoms with Crippen LogP contribution in [0.15, 0.2) is 58.4 Å². The van der Waals surface area contributed by atoms with Crippen LogP contribution in [0, 0.1) is 17.1 Å². The first kappa shape index (κ1) is 16.9. The zero-order valence-electron chi connectivity index (χ0n) is 13.3. The molecule has 0 aliphatic rings. The van der Waals surface area contributed by atoms with E-state index in [1.165, 1.54) is 18.3 Å². The maximum absolute atomic E-state index is 13.6. The van der Waals surface area contributed by atoms with E-state index in [-0.39, 0.29) is 28.5 Å². The number of rotatable bonds is 4. The third-order valence-electron chi connectivity index (χ3n) is 3.44. The normalized spacial score (nSPS) is 10.6. The molecule has 0 aliphatic heterocycles. The highest BCUT2D eigenvalue weighted by molar-refractivity contribution is 5.80. The van der Waals surface area contributed by atoms with Gasteiger partial charge >= 0.3 is 0 Å². The minimum Gasteiger partial charge on any atom is -0.508 e. The Kier molecular flexibility index (Phi) is 4.71. The summed E-state index contributed by atoms with van der Waals surface area (Å²) in [6, 6.07) is 14.2. The molecule has 0 saturated carbocycles. The maximum atomic E-state index is 13.6. The van der Waals surface area contributed by atoms with Crippen molar-refractivity contribution in [1.29, 1.82) is 5.26 Å². The predicted molar refractivity (Wildman–Crippen MR) is 94.3 cm³/mol. The van der Waals surface area contributed by atoms with E-state index >= 15 is 0 Å². The van der Waals surface area contributed by atoms with Crippen LogP contribution in [0.2, 0.25) is 0 Å². The van der Waals surface area contributed by atoms with E-state index < -0.39 is 11.4 Å². The Morgan fingerprint density at radius 1 is 1.27 bits per heavy atom. The van der Waals surface area contributed by atoms with Crippen LogP contribution in [-0.4, -0.2) is 21.3 Å². The highest BCUT2D eigenvalue weighted by atomic mass is 19.1. The van der Waals surface area contributed by atoms with Gasteiger partial charge in [-0.2, -0.15) is 10.4 Å². The molecule has 0 unspecified atom stereocenters. The van der Waals surface area contributed by atoms with E-state index in [0.717, 1.165) is 6.07 Å². The number of nitrogens with zero attached hydrogens (tertiary/aromatic N) is 3. The Morgan fingerprint density at radius 2 is 2.04 bits per heavy atom. The first-order chi connectivity index (χ1) is 12.6. The number of hydrazone groups is 1. The summed E-state index contributed by atoms with van der Waals surface area (Å²) < 4.78 is 13.6. The molecule has 0 amide bonds. The molecule has 0 radical (unpaired) electrons. The van der Waals surface area contributed by atoms with E-state index in [4.69, 9.17) is 0 Å². The number of nitriles is 1. The Balaban J connectivity index is 1.92. The molecule has 1 aromatic heterocycles. The van der Waals surface area contributed by atoms with Crippen molar-refractivity contribution in [3.05, 3.63) is 75.8 Å². The second-order valence-electron chi connectivity index (χ2n) is 5.19. The lowest BCUT2D eigenvalue weighted by atomic mass is 10.1. The van der Waals surface area contributed by atoms with E-state index in [1.54, 1.807) is 30.3 Å². The Bertz CT molecular complexity index is 1070. The van der Waals surface area contributed by atoms with Crippen molar-refractivity contribution in [3.8, 4) is 23.1 Å². The molecule has 3 aromatic rings. The molecule has 3 rings (SSSR count).